The van der Waals surface area contributed by atoms with Gasteiger partial charge in [-0.2, -0.15) is 0 Å². The number of fused-ring (bicyclic) bond motifs is 2. The molecular weight excluding hydrogens is 144 g/mol. The van der Waals surface area contributed by atoms with E-state index in [9.17, 15) is 0 Å². The second kappa shape index (κ2) is 3.08. The Labute approximate surface area is 75.4 Å². The van der Waals surface area contributed by atoms with Gasteiger partial charge in [-0.3, -0.25) is 0 Å². The standard InChI is InChI=1S/C12H18/c1-3-9(2)6-12-8-10-4-5-11(12)7-10/h4-6,10-12H,3,7-8H2,1-2H3. The number of allylic oxidation sites excluding steroid dienone is 4. The maximum atomic E-state index is 2.51. The maximum absolute atomic E-state index is 2.51. The molecule has 0 aromatic heterocycles. The summed E-state index contributed by atoms with van der Waals surface area (Å²) in [7, 11) is 0. The Bertz CT molecular complexity index is 222. The molecule has 2 bridgehead atoms. The highest BCUT2D eigenvalue weighted by Crippen LogP contribution is 2.44. The van der Waals surface area contributed by atoms with Crippen LogP contribution >= 0.6 is 0 Å². The zero-order chi connectivity index (χ0) is 8.55. The summed E-state index contributed by atoms with van der Waals surface area (Å²) < 4.78 is 0. The lowest BCUT2D eigenvalue weighted by Crippen LogP contribution is -2.03. The molecule has 0 amide bonds. The number of rotatable bonds is 2. The van der Waals surface area contributed by atoms with E-state index in [1.54, 1.807) is 5.57 Å². The molecule has 12 heavy (non-hydrogen) atoms. The van der Waals surface area contributed by atoms with Crippen molar-refractivity contribution in [3.8, 4) is 0 Å². The largest absolute Gasteiger partial charge is 0.0851 e. The van der Waals surface area contributed by atoms with Gasteiger partial charge in [0.2, 0.25) is 0 Å². The van der Waals surface area contributed by atoms with Gasteiger partial charge in [-0.05, 0) is 43.9 Å². The maximum Gasteiger partial charge on any atom is -0.0162 e. The van der Waals surface area contributed by atoms with Crippen molar-refractivity contribution < 1.29 is 0 Å². The molecule has 1 saturated carbocycles. The first-order valence-electron chi connectivity index (χ1n) is 5.15. The number of hydrogen-bond donors (Lipinski definition) is 0. The summed E-state index contributed by atoms with van der Waals surface area (Å²) in [5.74, 6) is 2.68. The van der Waals surface area contributed by atoms with E-state index in [0.717, 1.165) is 17.8 Å². The molecule has 2 aliphatic carbocycles. The molecule has 0 aromatic carbocycles. The van der Waals surface area contributed by atoms with Crippen molar-refractivity contribution in [3.63, 3.8) is 0 Å². The fourth-order valence-electron chi connectivity index (χ4n) is 2.50. The zero-order valence-corrected chi connectivity index (χ0v) is 8.09. The summed E-state index contributed by atoms with van der Waals surface area (Å²) in [5, 5.41) is 0. The summed E-state index contributed by atoms with van der Waals surface area (Å²) in [6.45, 7) is 4.50. The average molecular weight is 162 g/mol. The van der Waals surface area contributed by atoms with E-state index in [1.807, 2.05) is 0 Å². The molecule has 0 aromatic rings. The summed E-state index contributed by atoms with van der Waals surface area (Å²) in [5.41, 5.74) is 1.57. The van der Waals surface area contributed by atoms with E-state index in [-0.39, 0.29) is 0 Å². The van der Waals surface area contributed by atoms with E-state index >= 15 is 0 Å². The normalized spacial score (nSPS) is 39.5. The minimum Gasteiger partial charge on any atom is -0.0851 e. The Hall–Kier alpha value is -0.520. The third-order valence-electron chi connectivity index (χ3n) is 3.39. The second-order valence-corrected chi connectivity index (χ2v) is 4.31. The van der Waals surface area contributed by atoms with Crippen molar-refractivity contribution in [2.45, 2.75) is 33.1 Å². The van der Waals surface area contributed by atoms with Crippen molar-refractivity contribution >= 4 is 0 Å². The van der Waals surface area contributed by atoms with Crippen molar-refractivity contribution in [1.82, 2.24) is 0 Å². The first-order valence-corrected chi connectivity index (χ1v) is 5.15. The van der Waals surface area contributed by atoms with E-state index in [1.165, 1.54) is 19.3 Å². The number of hydrogen-bond acceptors (Lipinski definition) is 0. The second-order valence-electron chi connectivity index (χ2n) is 4.31. The monoisotopic (exact) mass is 162 g/mol. The van der Waals surface area contributed by atoms with Gasteiger partial charge in [-0.15, -0.1) is 0 Å². The lowest BCUT2D eigenvalue weighted by Gasteiger charge is -2.14. The third kappa shape index (κ3) is 1.35. The minimum absolute atomic E-state index is 0.875. The van der Waals surface area contributed by atoms with Crippen molar-refractivity contribution in [2.24, 2.45) is 17.8 Å². The third-order valence-corrected chi connectivity index (χ3v) is 3.39. The molecule has 3 atom stereocenters. The van der Waals surface area contributed by atoms with Crippen molar-refractivity contribution in [1.29, 1.82) is 0 Å². The van der Waals surface area contributed by atoms with Gasteiger partial charge in [-0.1, -0.05) is 30.7 Å². The van der Waals surface area contributed by atoms with Gasteiger partial charge in [0.1, 0.15) is 0 Å². The summed E-state index contributed by atoms with van der Waals surface area (Å²) in [6.07, 6.45) is 11.4. The van der Waals surface area contributed by atoms with Gasteiger partial charge < -0.3 is 0 Å². The van der Waals surface area contributed by atoms with Gasteiger partial charge in [0, 0.05) is 0 Å². The van der Waals surface area contributed by atoms with Crippen LogP contribution in [0.4, 0.5) is 0 Å². The summed E-state index contributed by atoms with van der Waals surface area (Å²) >= 11 is 0. The predicted octanol–water partition coefficient (Wildman–Crippen LogP) is 3.55. The average Bonchev–Trinajstić information content (AvgIpc) is 2.64. The van der Waals surface area contributed by atoms with E-state index in [2.05, 4.69) is 32.1 Å². The van der Waals surface area contributed by atoms with E-state index in [0.29, 0.717) is 0 Å². The summed E-state index contributed by atoms with van der Waals surface area (Å²) in [4.78, 5) is 0. The molecule has 0 N–H and O–H groups in total. The molecular formula is C12H18. The molecule has 0 nitrogen and oxygen atoms in total. The highest BCUT2D eigenvalue weighted by molar-refractivity contribution is 5.16. The van der Waals surface area contributed by atoms with Crippen LogP contribution in [-0.4, -0.2) is 0 Å². The highest BCUT2D eigenvalue weighted by atomic mass is 14.4. The lowest BCUT2D eigenvalue weighted by atomic mass is 9.91. The molecule has 0 saturated heterocycles. The molecule has 0 aliphatic heterocycles. The smallest absolute Gasteiger partial charge is 0.0162 e. The van der Waals surface area contributed by atoms with E-state index < -0.39 is 0 Å². The van der Waals surface area contributed by atoms with Gasteiger partial charge in [0.15, 0.2) is 0 Å². The Morgan fingerprint density at radius 2 is 2.25 bits per heavy atom. The summed E-state index contributed by atoms with van der Waals surface area (Å²) in [6, 6.07) is 0. The van der Waals surface area contributed by atoms with Gasteiger partial charge in [0.05, 0.1) is 0 Å². The van der Waals surface area contributed by atoms with Gasteiger partial charge in [-0.25, -0.2) is 0 Å². The highest BCUT2D eigenvalue weighted by Gasteiger charge is 2.33. The molecule has 1 fully saturated rings. The quantitative estimate of drug-likeness (QED) is 0.545. The Balaban J connectivity index is 2.04. The van der Waals surface area contributed by atoms with Crippen LogP contribution in [0.5, 0.6) is 0 Å². The molecule has 2 aliphatic rings. The SMILES string of the molecule is CCC(C)=CC1CC2C=CC1C2. The van der Waals surface area contributed by atoms with Crippen LogP contribution in [0.15, 0.2) is 23.8 Å². The lowest BCUT2D eigenvalue weighted by molar-refractivity contribution is 0.545. The first-order chi connectivity index (χ1) is 5.79. The van der Waals surface area contributed by atoms with Crippen LogP contribution in [0.1, 0.15) is 33.1 Å². The van der Waals surface area contributed by atoms with Crippen LogP contribution in [0, 0.1) is 17.8 Å². The van der Waals surface area contributed by atoms with Gasteiger partial charge in [0.25, 0.3) is 0 Å². The molecule has 66 valence electrons. The fraction of sp³-hybridized carbons (Fsp3) is 0.667. The minimum atomic E-state index is 0.875. The Morgan fingerprint density at radius 1 is 1.42 bits per heavy atom. The Kier molecular flexibility index (Phi) is 2.08. The van der Waals surface area contributed by atoms with Crippen LogP contribution in [0.2, 0.25) is 0 Å². The van der Waals surface area contributed by atoms with E-state index in [4.69, 9.17) is 0 Å². The van der Waals surface area contributed by atoms with Crippen LogP contribution in [0.3, 0.4) is 0 Å². The molecule has 0 heteroatoms. The van der Waals surface area contributed by atoms with Crippen LogP contribution < -0.4 is 0 Å². The topological polar surface area (TPSA) is 0 Å². The molecule has 0 radical (unpaired) electrons. The molecule has 2 rings (SSSR count). The van der Waals surface area contributed by atoms with Crippen LogP contribution in [-0.2, 0) is 0 Å². The van der Waals surface area contributed by atoms with Crippen molar-refractivity contribution in [2.75, 3.05) is 0 Å². The molecule has 0 spiro atoms. The van der Waals surface area contributed by atoms with Crippen molar-refractivity contribution in [3.05, 3.63) is 23.8 Å². The Morgan fingerprint density at radius 3 is 2.75 bits per heavy atom. The van der Waals surface area contributed by atoms with Gasteiger partial charge >= 0.3 is 0 Å². The molecule has 3 unspecified atom stereocenters. The molecule has 0 heterocycles. The fourth-order valence-corrected chi connectivity index (χ4v) is 2.50. The predicted molar refractivity (Wildman–Crippen MR) is 52.9 cm³/mol. The first kappa shape index (κ1) is 8.10. The zero-order valence-electron chi connectivity index (χ0n) is 8.09. The van der Waals surface area contributed by atoms with Crippen LogP contribution in [0.25, 0.3) is 0 Å².